The topological polar surface area (TPSA) is 92.5 Å². The Morgan fingerprint density at radius 3 is 2.48 bits per heavy atom. The minimum absolute atomic E-state index is 0.0527. The lowest BCUT2D eigenvalue weighted by atomic mass is 10.0. The molecule has 0 aromatic heterocycles. The monoisotopic (exact) mass is 294 g/mol. The molecular weight excluding hydrogens is 272 g/mol. The maximum Gasteiger partial charge on any atom is 0.320 e. The summed E-state index contributed by atoms with van der Waals surface area (Å²) < 4.78 is 0. The van der Waals surface area contributed by atoms with Gasteiger partial charge in [-0.05, 0) is 31.7 Å². The third-order valence-corrected chi connectivity index (χ3v) is 3.39. The zero-order valence-corrected chi connectivity index (χ0v) is 12.8. The molecule has 0 bridgehead atoms. The number of aliphatic carboxylic acids is 1. The average molecular weight is 294 g/mol. The van der Waals surface area contributed by atoms with Gasteiger partial charge in [-0.3, -0.25) is 20.2 Å². The fraction of sp³-hybridized carbons (Fsp3) is 0.533. The van der Waals surface area contributed by atoms with Crippen molar-refractivity contribution in [3.8, 4) is 0 Å². The van der Waals surface area contributed by atoms with Crippen LogP contribution in [0, 0.1) is 23.0 Å². The molecule has 0 fully saturated rings. The van der Waals surface area contributed by atoms with Crippen LogP contribution in [0.5, 0.6) is 0 Å². The van der Waals surface area contributed by atoms with Crippen molar-refractivity contribution < 1.29 is 14.8 Å². The first-order valence-electron chi connectivity index (χ1n) is 6.96. The zero-order chi connectivity index (χ0) is 16.2. The quantitative estimate of drug-likeness (QED) is 0.595. The second-order valence-corrected chi connectivity index (χ2v) is 5.71. The normalized spacial score (nSPS) is 14.0. The summed E-state index contributed by atoms with van der Waals surface area (Å²) in [5, 5.41) is 23.2. The van der Waals surface area contributed by atoms with Crippen LogP contribution in [0.4, 0.5) is 5.69 Å². The smallest absolute Gasteiger partial charge is 0.320 e. The average Bonchev–Trinajstić information content (AvgIpc) is 2.37. The molecule has 0 aliphatic carbocycles. The molecule has 116 valence electrons. The molecule has 6 nitrogen and oxygen atoms in total. The van der Waals surface area contributed by atoms with E-state index in [9.17, 15) is 20.0 Å². The molecule has 0 saturated carbocycles. The fourth-order valence-electron chi connectivity index (χ4n) is 2.20. The molecule has 0 aliphatic heterocycles. The summed E-state index contributed by atoms with van der Waals surface area (Å²) in [6, 6.07) is 4.03. The predicted molar refractivity (Wildman–Crippen MR) is 80.3 cm³/mol. The van der Waals surface area contributed by atoms with Crippen LogP contribution in [-0.4, -0.2) is 22.0 Å². The van der Waals surface area contributed by atoms with Gasteiger partial charge in [-0.25, -0.2) is 0 Å². The standard InChI is InChI=1S/C15H22N2O4/c1-9(2)7-13(15(18)19)16-11(4)12-6-5-10(3)14(8-12)17(20)21/h5-6,8-9,11,13,16H,7H2,1-4H3,(H,18,19). The molecule has 0 heterocycles. The van der Waals surface area contributed by atoms with Crippen LogP contribution in [-0.2, 0) is 4.79 Å². The third kappa shape index (κ3) is 4.82. The number of carboxylic acid groups (broad SMARTS) is 1. The minimum Gasteiger partial charge on any atom is -0.480 e. The number of carboxylic acids is 1. The fourth-order valence-corrected chi connectivity index (χ4v) is 2.20. The van der Waals surface area contributed by atoms with Crippen molar-refractivity contribution in [1.82, 2.24) is 5.32 Å². The van der Waals surface area contributed by atoms with Crippen LogP contribution < -0.4 is 5.32 Å². The van der Waals surface area contributed by atoms with E-state index in [1.807, 2.05) is 20.8 Å². The lowest BCUT2D eigenvalue weighted by Gasteiger charge is -2.22. The SMILES string of the molecule is Cc1ccc(C(C)NC(CC(C)C)C(=O)O)cc1[N+](=O)[O-]. The van der Waals surface area contributed by atoms with E-state index < -0.39 is 16.9 Å². The summed E-state index contributed by atoms with van der Waals surface area (Å²) in [6.45, 7) is 7.40. The second kappa shape index (κ2) is 7.17. The van der Waals surface area contributed by atoms with Gasteiger partial charge in [0.2, 0.25) is 0 Å². The van der Waals surface area contributed by atoms with Gasteiger partial charge in [0, 0.05) is 17.7 Å². The van der Waals surface area contributed by atoms with Crippen molar-refractivity contribution >= 4 is 11.7 Å². The number of benzene rings is 1. The van der Waals surface area contributed by atoms with Crippen molar-refractivity contribution in [3.63, 3.8) is 0 Å². The van der Waals surface area contributed by atoms with Gasteiger partial charge in [0.05, 0.1) is 4.92 Å². The Bertz CT molecular complexity index is 528. The van der Waals surface area contributed by atoms with Crippen LogP contribution >= 0.6 is 0 Å². The Kier molecular flexibility index (Phi) is 5.84. The van der Waals surface area contributed by atoms with Crippen LogP contribution in [0.3, 0.4) is 0 Å². The van der Waals surface area contributed by atoms with Gasteiger partial charge >= 0.3 is 5.97 Å². The molecule has 0 aliphatic rings. The molecule has 0 radical (unpaired) electrons. The Morgan fingerprint density at radius 2 is 2.00 bits per heavy atom. The molecule has 1 aromatic carbocycles. The van der Waals surface area contributed by atoms with E-state index in [2.05, 4.69) is 5.32 Å². The number of aryl methyl sites for hydroxylation is 1. The largest absolute Gasteiger partial charge is 0.480 e. The van der Waals surface area contributed by atoms with Crippen molar-refractivity contribution in [2.45, 2.75) is 46.2 Å². The number of rotatable bonds is 7. The highest BCUT2D eigenvalue weighted by molar-refractivity contribution is 5.73. The molecule has 0 amide bonds. The van der Waals surface area contributed by atoms with Gasteiger partial charge < -0.3 is 5.11 Å². The number of hydrogen-bond acceptors (Lipinski definition) is 4. The summed E-state index contributed by atoms with van der Waals surface area (Å²) in [5.41, 5.74) is 1.35. The third-order valence-electron chi connectivity index (χ3n) is 3.39. The molecule has 2 N–H and O–H groups in total. The Morgan fingerprint density at radius 1 is 1.38 bits per heavy atom. The Labute approximate surface area is 124 Å². The van der Waals surface area contributed by atoms with Crippen molar-refractivity contribution in [1.29, 1.82) is 0 Å². The molecule has 21 heavy (non-hydrogen) atoms. The van der Waals surface area contributed by atoms with Crippen molar-refractivity contribution in [3.05, 3.63) is 39.4 Å². The van der Waals surface area contributed by atoms with E-state index in [0.29, 0.717) is 17.5 Å². The summed E-state index contributed by atoms with van der Waals surface area (Å²) in [7, 11) is 0. The molecule has 0 spiro atoms. The molecule has 1 rings (SSSR count). The van der Waals surface area contributed by atoms with Crippen molar-refractivity contribution in [2.24, 2.45) is 5.92 Å². The van der Waals surface area contributed by atoms with Crippen LogP contribution in [0.1, 0.15) is 44.4 Å². The van der Waals surface area contributed by atoms with Gasteiger partial charge in [-0.1, -0.05) is 26.0 Å². The second-order valence-electron chi connectivity index (χ2n) is 5.71. The highest BCUT2D eigenvalue weighted by Gasteiger charge is 2.22. The molecular formula is C15H22N2O4. The minimum atomic E-state index is -0.905. The lowest BCUT2D eigenvalue weighted by Crippen LogP contribution is -2.39. The highest BCUT2D eigenvalue weighted by atomic mass is 16.6. The van der Waals surface area contributed by atoms with Gasteiger partial charge in [0.15, 0.2) is 0 Å². The van der Waals surface area contributed by atoms with E-state index in [4.69, 9.17) is 0 Å². The number of nitrogens with zero attached hydrogens (tertiary/aromatic N) is 1. The zero-order valence-electron chi connectivity index (χ0n) is 12.8. The van der Waals surface area contributed by atoms with E-state index >= 15 is 0 Å². The van der Waals surface area contributed by atoms with Gasteiger partial charge in [0.25, 0.3) is 5.69 Å². The number of carbonyl (C=O) groups is 1. The maximum atomic E-state index is 11.3. The first-order chi connectivity index (χ1) is 9.72. The molecule has 2 unspecified atom stereocenters. The van der Waals surface area contributed by atoms with Gasteiger partial charge in [-0.2, -0.15) is 0 Å². The predicted octanol–water partition coefficient (Wildman–Crippen LogP) is 3.05. The molecule has 6 heteroatoms. The summed E-state index contributed by atoms with van der Waals surface area (Å²) in [6.07, 6.45) is 0.508. The van der Waals surface area contributed by atoms with E-state index in [-0.39, 0.29) is 17.6 Å². The molecule has 1 aromatic rings. The number of nitro benzene ring substituents is 1. The summed E-state index contributed by atoms with van der Waals surface area (Å²) >= 11 is 0. The van der Waals surface area contributed by atoms with E-state index in [0.717, 1.165) is 0 Å². The van der Waals surface area contributed by atoms with Crippen LogP contribution in [0.15, 0.2) is 18.2 Å². The molecule has 2 atom stereocenters. The summed E-state index contributed by atoms with van der Waals surface area (Å²) in [4.78, 5) is 21.8. The first kappa shape index (κ1) is 17.1. The maximum absolute atomic E-state index is 11.3. The van der Waals surface area contributed by atoms with E-state index in [1.165, 1.54) is 6.07 Å². The Balaban J connectivity index is 2.92. The number of nitro groups is 1. The van der Waals surface area contributed by atoms with E-state index in [1.54, 1.807) is 19.1 Å². The Hall–Kier alpha value is -1.95. The van der Waals surface area contributed by atoms with Crippen LogP contribution in [0.25, 0.3) is 0 Å². The van der Waals surface area contributed by atoms with Crippen molar-refractivity contribution in [2.75, 3.05) is 0 Å². The number of nitrogens with one attached hydrogen (secondary N) is 1. The first-order valence-corrected chi connectivity index (χ1v) is 6.96. The highest BCUT2D eigenvalue weighted by Crippen LogP contribution is 2.24. The van der Waals surface area contributed by atoms with Gasteiger partial charge in [-0.15, -0.1) is 0 Å². The summed E-state index contributed by atoms with van der Waals surface area (Å²) in [5.74, 6) is -0.657. The van der Waals surface area contributed by atoms with Gasteiger partial charge in [0.1, 0.15) is 6.04 Å². The molecule has 0 saturated heterocycles. The lowest BCUT2D eigenvalue weighted by molar-refractivity contribution is -0.385. The number of hydrogen-bond donors (Lipinski definition) is 2. The van der Waals surface area contributed by atoms with Crippen LogP contribution in [0.2, 0.25) is 0 Å².